The number of oxazole rings is 1. The molecule has 3 heterocycles. The first-order valence-electron chi connectivity index (χ1n) is 12.4. The molecule has 6 nitrogen and oxygen atoms in total. The van der Waals surface area contributed by atoms with E-state index in [-0.39, 0.29) is 11.3 Å². The van der Waals surface area contributed by atoms with E-state index in [0.717, 1.165) is 64.3 Å². The maximum Gasteiger partial charge on any atom is 0.254 e. The number of fused-ring (bicyclic) bond motifs is 1. The molecular weight excluding hydrogens is 516 g/mol. The molecule has 0 unspecified atom stereocenters. The van der Waals surface area contributed by atoms with Gasteiger partial charge in [-0.2, -0.15) is 0 Å². The third kappa shape index (κ3) is 5.37. The van der Waals surface area contributed by atoms with Crippen molar-refractivity contribution < 1.29 is 9.21 Å². The van der Waals surface area contributed by atoms with Crippen molar-refractivity contribution in [2.75, 3.05) is 26.2 Å². The van der Waals surface area contributed by atoms with Crippen molar-refractivity contribution in [1.82, 2.24) is 19.8 Å². The second-order valence-corrected chi connectivity index (χ2v) is 11.3. The number of benzene rings is 2. The number of pyridine rings is 1. The van der Waals surface area contributed by atoms with Gasteiger partial charge >= 0.3 is 0 Å². The maximum atomic E-state index is 13.8. The zero-order chi connectivity index (χ0) is 25.3. The summed E-state index contributed by atoms with van der Waals surface area (Å²) in [6.07, 6.45) is 2.74. The van der Waals surface area contributed by atoms with E-state index < -0.39 is 0 Å². The molecule has 1 aliphatic rings. The summed E-state index contributed by atoms with van der Waals surface area (Å²) in [5.74, 6) is 1.69. The van der Waals surface area contributed by atoms with E-state index in [1.165, 1.54) is 0 Å². The molecular formula is C29H31BrN4O2. The Morgan fingerprint density at radius 2 is 1.86 bits per heavy atom. The summed E-state index contributed by atoms with van der Waals surface area (Å²) in [5, 5.41) is 0.886. The van der Waals surface area contributed by atoms with Gasteiger partial charge in [0.25, 0.3) is 5.91 Å². The van der Waals surface area contributed by atoms with E-state index >= 15 is 0 Å². The molecule has 1 amide bonds. The van der Waals surface area contributed by atoms with Gasteiger partial charge in [-0.3, -0.25) is 9.69 Å². The van der Waals surface area contributed by atoms with Crippen LogP contribution < -0.4 is 0 Å². The molecule has 4 aromatic rings. The molecule has 1 aliphatic heterocycles. The highest BCUT2D eigenvalue weighted by Crippen LogP contribution is 2.28. The summed E-state index contributed by atoms with van der Waals surface area (Å²) in [5.41, 5.74) is 3.25. The molecule has 36 heavy (non-hydrogen) atoms. The predicted molar refractivity (Wildman–Crippen MR) is 146 cm³/mol. The van der Waals surface area contributed by atoms with Crippen LogP contribution in [0.25, 0.3) is 22.2 Å². The Bertz CT molecular complexity index is 1390. The summed E-state index contributed by atoms with van der Waals surface area (Å²) in [6, 6.07) is 17.9. The molecule has 2 aromatic heterocycles. The first kappa shape index (κ1) is 24.7. The highest BCUT2D eigenvalue weighted by molar-refractivity contribution is 9.10. The van der Waals surface area contributed by atoms with E-state index in [2.05, 4.69) is 46.6 Å². The largest absolute Gasteiger partial charge is 0.444 e. The van der Waals surface area contributed by atoms with Crippen molar-refractivity contribution in [2.45, 2.75) is 39.2 Å². The zero-order valence-corrected chi connectivity index (χ0v) is 22.6. The third-order valence-corrected chi connectivity index (χ3v) is 7.09. The number of hydrogen-bond acceptors (Lipinski definition) is 5. The molecule has 0 atom stereocenters. The zero-order valence-electron chi connectivity index (χ0n) is 21.0. The Balaban J connectivity index is 1.36. The van der Waals surface area contributed by atoms with Gasteiger partial charge in [0.15, 0.2) is 0 Å². The Labute approximate surface area is 220 Å². The highest BCUT2D eigenvalue weighted by atomic mass is 79.9. The lowest BCUT2D eigenvalue weighted by atomic mass is 9.94. The molecule has 1 saturated heterocycles. The summed E-state index contributed by atoms with van der Waals surface area (Å²) in [4.78, 5) is 27.5. The van der Waals surface area contributed by atoms with Gasteiger partial charge in [0, 0.05) is 47.0 Å². The number of hydrogen-bond donors (Lipinski definition) is 0. The molecule has 0 aliphatic carbocycles. The van der Waals surface area contributed by atoms with Crippen LogP contribution in [0.3, 0.4) is 0 Å². The van der Waals surface area contributed by atoms with Crippen LogP contribution in [-0.2, 0) is 12.0 Å². The highest BCUT2D eigenvalue weighted by Gasteiger charge is 2.25. The van der Waals surface area contributed by atoms with Gasteiger partial charge in [0.2, 0.25) is 5.89 Å². The molecule has 186 valence electrons. The Kier molecular flexibility index (Phi) is 6.95. The monoisotopic (exact) mass is 546 g/mol. The minimum Gasteiger partial charge on any atom is -0.444 e. The Hall–Kier alpha value is -3.03. The maximum absolute atomic E-state index is 13.8. The van der Waals surface area contributed by atoms with E-state index in [9.17, 15) is 4.79 Å². The minimum absolute atomic E-state index is 0.0536. The Morgan fingerprint density at radius 3 is 2.64 bits per heavy atom. The van der Waals surface area contributed by atoms with Gasteiger partial charge in [-0.25, -0.2) is 9.97 Å². The SMILES string of the molecule is CC(C)(C)c1cnc(CN2CCCN(C(=O)c3cc(-c4cccc(Br)c4)nc4ccccc34)CC2)o1. The first-order valence-corrected chi connectivity index (χ1v) is 13.2. The van der Waals surface area contributed by atoms with Crippen LogP contribution >= 0.6 is 15.9 Å². The van der Waals surface area contributed by atoms with Crippen molar-refractivity contribution >= 4 is 32.7 Å². The van der Waals surface area contributed by atoms with Gasteiger partial charge in [-0.1, -0.05) is 67.0 Å². The van der Waals surface area contributed by atoms with Crippen LogP contribution in [0, 0.1) is 0 Å². The van der Waals surface area contributed by atoms with E-state index in [1.807, 2.05) is 65.7 Å². The molecule has 0 bridgehead atoms. The van der Waals surface area contributed by atoms with Crippen LogP contribution in [-0.4, -0.2) is 51.9 Å². The average molecular weight is 547 g/mol. The summed E-state index contributed by atoms with van der Waals surface area (Å²) in [7, 11) is 0. The number of halogens is 1. The normalized spacial score (nSPS) is 15.3. The predicted octanol–water partition coefficient (Wildman–Crippen LogP) is 6.30. The summed E-state index contributed by atoms with van der Waals surface area (Å²) < 4.78 is 6.99. The molecule has 0 N–H and O–H groups in total. The van der Waals surface area contributed by atoms with Crippen LogP contribution in [0.4, 0.5) is 0 Å². The lowest BCUT2D eigenvalue weighted by molar-refractivity contribution is 0.0762. The number of carbonyl (C=O) groups excluding carboxylic acids is 1. The topological polar surface area (TPSA) is 62.5 Å². The fourth-order valence-electron chi connectivity index (χ4n) is 4.57. The van der Waals surface area contributed by atoms with Crippen LogP contribution in [0.15, 0.2) is 69.7 Å². The van der Waals surface area contributed by atoms with Crippen molar-refractivity contribution in [2.24, 2.45) is 0 Å². The van der Waals surface area contributed by atoms with Crippen molar-refractivity contribution in [3.63, 3.8) is 0 Å². The Morgan fingerprint density at radius 1 is 1.03 bits per heavy atom. The lowest BCUT2D eigenvalue weighted by Crippen LogP contribution is -2.35. The van der Waals surface area contributed by atoms with Crippen LogP contribution in [0.2, 0.25) is 0 Å². The van der Waals surface area contributed by atoms with E-state index in [4.69, 9.17) is 9.40 Å². The van der Waals surface area contributed by atoms with E-state index in [0.29, 0.717) is 18.7 Å². The number of nitrogens with zero attached hydrogens (tertiary/aromatic N) is 4. The molecule has 0 spiro atoms. The molecule has 5 rings (SSSR count). The molecule has 0 saturated carbocycles. The lowest BCUT2D eigenvalue weighted by Gasteiger charge is -2.22. The number of para-hydroxylation sites is 1. The number of carbonyl (C=O) groups is 1. The van der Waals surface area contributed by atoms with Gasteiger partial charge in [0.1, 0.15) is 5.76 Å². The van der Waals surface area contributed by atoms with Gasteiger partial charge in [-0.05, 0) is 30.7 Å². The quantitative estimate of drug-likeness (QED) is 0.300. The molecule has 2 aromatic carbocycles. The van der Waals surface area contributed by atoms with Gasteiger partial charge in [0.05, 0.1) is 29.5 Å². The second kappa shape index (κ2) is 10.1. The molecule has 0 radical (unpaired) electrons. The van der Waals surface area contributed by atoms with Crippen molar-refractivity contribution in [3.05, 3.63) is 82.5 Å². The third-order valence-electron chi connectivity index (χ3n) is 6.59. The summed E-state index contributed by atoms with van der Waals surface area (Å²) in [6.45, 7) is 10.1. The second-order valence-electron chi connectivity index (χ2n) is 10.4. The number of aromatic nitrogens is 2. The minimum atomic E-state index is -0.0603. The van der Waals surface area contributed by atoms with Crippen LogP contribution in [0.5, 0.6) is 0 Å². The van der Waals surface area contributed by atoms with Gasteiger partial charge < -0.3 is 9.32 Å². The molecule has 7 heteroatoms. The summed E-state index contributed by atoms with van der Waals surface area (Å²) >= 11 is 3.55. The average Bonchev–Trinajstić information content (AvgIpc) is 3.22. The van der Waals surface area contributed by atoms with Crippen molar-refractivity contribution in [3.8, 4) is 11.3 Å². The van der Waals surface area contributed by atoms with Gasteiger partial charge in [-0.15, -0.1) is 0 Å². The number of rotatable bonds is 4. The standard InChI is InChI=1S/C29H31BrN4O2/c1-29(2,3)26-18-31-27(36-26)19-33-12-7-13-34(15-14-33)28(35)23-17-25(20-8-6-9-21(30)16-20)32-24-11-5-4-10-22(23)24/h4-6,8-11,16-18H,7,12-15,19H2,1-3H3. The van der Waals surface area contributed by atoms with Crippen LogP contribution in [0.1, 0.15) is 49.2 Å². The van der Waals surface area contributed by atoms with E-state index in [1.54, 1.807) is 0 Å². The smallest absolute Gasteiger partial charge is 0.254 e. The fraction of sp³-hybridized carbons (Fsp3) is 0.345. The first-order chi connectivity index (χ1) is 17.3. The number of amides is 1. The molecule has 1 fully saturated rings. The fourth-order valence-corrected chi connectivity index (χ4v) is 4.97. The van der Waals surface area contributed by atoms with Crippen molar-refractivity contribution in [1.29, 1.82) is 0 Å².